The normalized spacial score (nSPS) is 18.8. The zero-order valence-corrected chi connectivity index (χ0v) is 15.2. The molecule has 9 heteroatoms. The van der Waals surface area contributed by atoms with E-state index >= 15 is 0 Å². The molecule has 0 aliphatic carbocycles. The first-order valence-corrected chi connectivity index (χ1v) is 10.5. The zero-order chi connectivity index (χ0) is 17.3. The van der Waals surface area contributed by atoms with Crippen molar-refractivity contribution in [2.24, 2.45) is 0 Å². The Morgan fingerprint density at radius 3 is 2.96 bits per heavy atom. The number of aromatic nitrogens is 2. The van der Waals surface area contributed by atoms with Gasteiger partial charge >= 0.3 is 0 Å². The minimum atomic E-state index is -3.27. The third kappa shape index (κ3) is 4.03. The van der Waals surface area contributed by atoms with Gasteiger partial charge in [0.05, 0.1) is 17.0 Å². The number of thiazole rings is 1. The molecule has 1 atom stereocenters. The summed E-state index contributed by atoms with van der Waals surface area (Å²) < 4.78 is 25.4. The van der Waals surface area contributed by atoms with Gasteiger partial charge < -0.3 is 9.88 Å². The fraction of sp³-hybridized carbons (Fsp3) is 0.467. The number of H-pyrrole nitrogens is 1. The number of aromatic amines is 1. The van der Waals surface area contributed by atoms with Crippen LogP contribution in [0, 0.1) is 6.92 Å². The molecule has 2 N–H and O–H groups in total. The summed E-state index contributed by atoms with van der Waals surface area (Å²) in [5, 5.41) is 2.93. The molecule has 1 aliphatic rings. The summed E-state index contributed by atoms with van der Waals surface area (Å²) in [7, 11) is -3.27. The number of piperidine rings is 1. The topological polar surface area (TPSA) is 95.2 Å². The zero-order valence-electron chi connectivity index (χ0n) is 13.6. The highest BCUT2D eigenvalue weighted by atomic mass is 32.2. The molecule has 3 heterocycles. The Labute approximate surface area is 145 Å². The molecule has 1 aliphatic heterocycles. The molecule has 0 bridgehead atoms. The van der Waals surface area contributed by atoms with E-state index in [0.29, 0.717) is 18.8 Å². The van der Waals surface area contributed by atoms with Crippen LogP contribution in [0.3, 0.4) is 0 Å². The fourth-order valence-corrected chi connectivity index (χ4v) is 4.31. The van der Waals surface area contributed by atoms with Crippen LogP contribution in [0.25, 0.3) is 11.3 Å². The summed E-state index contributed by atoms with van der Waals surface area (Å²) in [6.07, 6.45) is 4.43. The lowest BCUT2D eigenvalue weighted by atomic mass is 10.1. The third-order valence-corrected chi connectivity index (χ3v) is 5.45. The van der Waals surface area contributed by atoms with Crippen LogP contribution in [0.15, 0.2) is 17.6 Å². The number of nitrogens with one attached hydrogen (secondary N) is 2. The molecule has 7 nitrogen and oxygen atoms in total. The van der Waals surface area contributed by atoms with E-state index in [-0.39, 0.29) is 11.9 Å². The maximum atomic E-state index is 12.7. The van der Waals surface area contributed by atoms with Gasteiger partial charge in [0, 0.05) is 36.3 Å². The minimum absolute atomic E-state index is 0.117. The summed E-state index contributed by atoms with van der Waals surface area (Å²) in [6.45, 7) is 2.95. The molecule has 0 saturated carbocycles. The van der Waals surface area contributed by atoms with Crippen LogP contribution in [0.2, 0.25) is 0 Å². The summed E-state index contributed by atoms with van der Waals surface area (Å²) in [5.41, 5.74) is 2.23. The van der Waals surface area contributed by atoms with Crippen molar-refractivity contribution >= 4 is 27.3 Å². The van der Waals surface area contributed by atoms with Crippen molar-refractivity contribution in [2.75, 3.05) is 19.3 Å². The van der Waals surface area contributed by atoms with Gasteiger partial charge in [0.25, 0.3) is 5.91 Å². The van der Waals surface area contributed by atoms with Gasteiger partial charge in [0.15, 0.2) is 0 Å². The van der Waals surface area contributed by atoms with Crippen molar-refractivity contribution < 1.29 is 13.2 Å². The molecule has 1 saturated heterocycles. The van der Waals surface area contributed by atoms with Crippen LogP contribution in [0.5, 0.6) is 0 Å². The quantitative estimate of drug-likeness (QED) is 0.857. The van der Waals surface area contributed by atoms with Gasteiger partial charge in [-0.1, -0.05) is 0 Å². The molecule has 0 unspecified atom stereocenters. The highest BCUT2D eigenvalue weighted by Crippen LogP contribution is 2.23. The molecule has 130 valence electrons. The van der Waals surface area contributed by atoms with Crippen LogP contribution in [0.4, 0.5) is 0 Å². The summed E-state index contributed by atoms with van der Waals surface area (Å²) >= 11 is 1.57. The summed E-state index contributed by atoms with van der Waals surface area (Å²) in [5.74, 6) is -0.117. The minimum Gasteiger partial charge on any atom is -0.357 e. The van der Waals surface area contributed by atoms with Gasteiger partial charge in [-0.15, -0.1) is 11.3 Å². The van der Waals surface area contributed by atoms with Crippen molar-refractivity contribution in [3.8, 4) is 11.3 Å². The fourth-order valence-electron chi connectivity index (χ4n) is 2.89. The van der Waals surface area contributed by atoms with Gasteiger partial charge in [0.1, 0.15) is 5.69 Å². The molecule has 3 rings (SSSR count). The second kappa shape index (κ2) is 6.66. The van der Waals surface area contributed by atoms with Crippen molar-refractivity contribution in [3.05, 3.63) is 28.3 Å². The third-order valence-electron chi connectivity index (χ3n) is 3.92. The predicted molar refractivity (Wildman–Crippen MR) is 93.5 cm³/mol. The second-order valence-electron chi connectivity index (χ2n) is 6.03. The van der Waals surface area contributed by atoms with Gasteiger partial charge in [-0.25, -0.2) is 18.1 Å². The van der Waals surface area contributed by atoms with Crippen LogP contribution >= 0.6 is 11.3 Å². The molecule has 0 radical (unpaired) electrons. The van der Waals surface area contributed by atoms with Crippen LogP contribution in [0.1, 0.15) is 28.3 Å². The monoisotopic (exact) mass is 368 g/mol. The molecular weight excluding hydrogens is 348 g/mol. The lowest BCUT2D eigenvalue weighted by Crippen LogP contribution is -2.49. The number of carbonyl (C=O) groups is 1. The Balaban J connectivity index is 1.71. The van der Waals surface area contributed by atoms with Crippen LogP contribution in [-0.4, -0.2) is 54.6 Å². The number of sulfonamides is 1. The Morgan fingerprint density at radius 2 is 2.29 bits per heavy atom. The summed E-state index contributed by atoms with van der Waals surface area (Å²) in [6, 6.07) is 1.57. The number of aryl methyl sites for hydroxylation is 1. The predicted octanol–water partition coefficient (Wildman–Crippen LogP) is 1.60. The molecule has 1 amide bonds. The highest BCUT2D eigenvalue weighted by molar-refractivity contribution is 7.88. The first-order chi connectivity index (χ1) is 11.3. The van der Waals surface area contributed by atoms with Gasteiger partial charge in [0.2, 0.25) is 10.0 Å². The number of carbonyl (C=O) groups excluding carboxylic acids is 1. The van der Waals surface area contributed by atoms with E-state index in [4.69, 9.17) is 0 Å². The van der Waals surface area contributed by atoms with E-state index < -0.39 is 10.0 Å². The van der Waals surface area contributed by atoms with Crippen molar-refractivity contribution in [3.63, 3.8) is 0 Å². The number of hydrogen-bond donors (Lipinski definition) is 2. The molecule has 0 aromatic carbocycles. The lowest BCUT2D eigenvalue weighted by molar-refractivity contribution is 0.0698. The summed E-state index contributed by atoms with van der Waals surface area (Å²) in [4.78, 5) is 21.8. The average Bonchev–Trinajstić information content (AvgIpc) is 3.13. The highest BCUT2D eigenvalue weighted by Gasteiger charge is 2.27. The lowest BCUT2D eigenvalue weighted by Gasteiger charge is -2.32. The van der Waals surface area contributed by atoms with Crippen LogP contribution in [-0.2, 0) is 10.0 Å². The van der Waals surface area contributed by atoms with E-state index in [1.807, 2.05) is 12.3 Å². The number of amides is 1. The van der Waals surface area contributed by atoms with Gasteiger partial charge in [-0.2, -0.15) is 0 Å². The first kappa shape index (κ1) is 17.1. The molecule has 2 aromatic rings. The Kier molecular flexibility index (Phi) is 4.75. The molecule has 2 aromatic heterocycles. The number of likely N-dealkylation sites (tertiary alicyclic amines) is 1. The standard InChI is InChI=1S/C15H20N4O3S2/c1-10-17-14(9-23-10)11-6-13(16-7-11)15(20)19-5-3-4-12(8-19)18-24(2,21)22/h6-7,9,12,16,18H,3-5,8H2,1-2H3/t12-/m0/s1. The van der Waals surface area contributed by atoms with E-state index in [0.717, 1.165) is 35.4 Å². The SMILES string of the molecule is Cc1nc(-c2c[nH]c(C(=O)N3CCC[C@H](NS(C)(=O)=O)C3)c2)cs1. The van der Waals surface area contributed by atoms with Gasteiger partial charge in [-0.05, 0) is 25.8 Å². The molecule has 24 heavy (non-hydrogen) atoms. The maximum absolute atomic E-state index is 12.7. The maximum Gasteiger partial charge on any atom is 0.270 e. The smallest absolute Gasteiger partial charge is 0.270 e. The number of hydrogen-bond acceptors (Lipinski definition) is 5. The average molecular weight is 368 g/mol. The Morgan fingerprint density at radius 1 is 1.50 bits per heavy atom. The van der Waals surface area contributed by atoms with Crippen molar-refractivity contribution in [1.29, 1.82) is 0 Å². The number of rotatable bonds is 4. The van der Waals surface area contributed by atoms with E-state index in [1.165, 1.54) is 0 Å². The van der Waals surface area contributed by atoms with Crippen molar-refractivity contribution in [2.45, 2.75) is 25.8 Å². The first-order valence-electron chi connectivity index (χ1n) is 7.69. The largest absolute Gasteiger partial charge is 0.357 e. The Bertz CT molecular complexity index is 841. The Hall–Kier alpha value is -1.71. The van der Waals surface area contributed by atoms with E-state index in [1.54, 1.807) is 28.5 Å². The second-order valence-corrected chi connectivity index (χ2v) is 8.88. The number of nitrogens with zero attached hydrogens (tertiary/aromatic N) is 2. The van der Waals surface area contributed by atoms with E-state index in [9.17, 15) is 13.2 Å². The van der Waals surface area contributed by atoms with Gasteiger partial charge in [-0.3, -0.25) is 4.79 Å². The molecule has 0 spiro atoms. The molecule has 1 fully saturated rings. The van der Waals surface area contributed by atoms with Crippen molar-refractivity contribution in [1.82, 2.24) is 19.6 Å². The van der Waals surface area contributed by atoms with Crippen LogP contribution < -0.4 is 4.72 Å². The molecular formula is C15H20N4O3S2. The van der Waals surface area contributed by atoms with E-state index in [2.05, 4.69) is 14.7 Å².